The first kappa shape index (κ1) is 13.5. The van der Waals surface area contributed by atoms with Crippen LogP contribution in [0.3, 0.4) is 0 Å². The highest BCUT2D eigenvalue weighted by Crippen LogP contribution is 1.94. The largest absolute Gasteiger partial charge is 0.464 e. The molecule has 8 heteroatoms. The molecule has 0 radical (unpaired) electrons. The van der Waals surface area contributed by atoms with Gasteiger partial charge in [-0.25, -0.2) is 19.0 Å². The number of nitrogens with one attached hydrogen (secondary N) is 2. The maximum absolute atomic E-state index is 11.5. The van der Waals surface area contributed by atoms with Gasteiger partial charge in [0.05, 0.1) is 7.11 Å². The van der Waals surface area contributed by atoms with Crippen LogP contribution in [0.1, 0.15) is 16.9 Å². The number of rotatable bonds is 4. The molecule has 0 saturated heterocycles. The zero-order valence-corrected chi connectivity index (χ0v) is 10.7. The fraction of sp³-hybridized carbons (Fsp3) is 0.444. The third-order valence-corrected chi connectivity index (χ3v) is 2.49. The van der Waals surface area contributed by atoms with Crippen LogP contribution in [0.4, 0.5) is 4.79 Å². The Kier molecular flexibility index (Phi) is 4.95. The molecule has 0 aromatic carbocycles. The van der Waals surface area contributed by atoms with Gasteiger partial charge in [0, 0.05) is 18.1 Å². The summed E-state index contributed by atoms with van der Waals surface area (Å²) >= 11 is 3.22. The first-order chi connectivity index (χ1) is 8.10. The van der Waals surface area contributed by atoms with Gasteiger partial charge in [-0.05, 0) is 6.42 Å². The second-order valence-corrected chi connectivity index (χ2v) is 3.90. The Hall–Kier alpha value is -1.57. The summed E-state index contributed by atoms with van der Waals surface area (Å²) in [5.41, 5.74) is -0.741. The molecule has 1 heterocycles. The fourth-order valence-electron chi connectivity index (χ4n) is 1.11. The average Bonchev–Trinajstić information content (AvgIpc) is 2.70. The molecule has 94 valence electrons. The number of methoxy groups -OCH3 is 1. The van der Waals surface area contributed by atoms with Crippen molar-refractivity contribution in [2.24, 2.45) is 0 Å². The van der Waals surface area contributed by atoms with Crippen molar-refractivity contribution in [3.63, 3.8) is 0 Å². The molecule has 0 fully saturated rings. The third-order valence-electron chi connectivity index (χ3n) is 1.93. The minimum absolute atomic E-state index is 0.0619. The Balaban J connectivity index is 2.77. The lowest BCUT2D eigenvalue weighted by Crippen LogP contribution is -2.35. The van der Waals surface area contributed by atoms with Crippen molar-refractivity contribution in [1.29, 1.82) is 0 Å². The number of aromatic nitrogens is 2. The van der Waals surface area contributed by atoms with E-state index in [-0.39, 0.29) is 5.69 Å². The second kappa shape index (κ2) is 6.24. The van der Waals surface area contributed by atoms with Gasteiger partial charge in [-0.1, -0.05) is 15.9 Å². The highest BCUT2D eigenvalue weighted by atomic mass is 79.9. The van der Waals surface area contributed by atoms with Crippen LogP contribution >= 0.6 is 15.9 Å². The maximum Gasteiger partial charge on any atom is 0.356 e. The van der Waals surface area contributed by atoms with E-state index in [0.29, 0.717) is 6.54 Å². The number of alkyl halides is 1. The summed E-state index contributed by atoms with van der Waals surface area (Å²) in [4.78, 5) is 36.2. The number of ether oxygens (including phenoxy) is 1. The molecule has 17 heavy (non-hydrogen) atoms. The van der Waals surface area contributed by atoms with Crippen molar-refractivity contribution in [3.8, 4) is 0 Å². The molecule has 0 spiro atoms. The zero-order valence-electron chi connectivity index (χ0n) is 9.16. The number of halogens is 1. The van der Waals surface area contributed by atoms with Crippen molar-refractivity contribution in [2.45, 2.75) is 6.42 Å². The maximum atomic E-state index is 11.5. The van der Waals surface area contributed by atoms with Crippen LogP contribution in [0.5, 0.6) is 0 Å². The number of aromatic amines is 1. The average molecular weight is 306 g/mol. The number of nitrogens with zero attached hydrogens (tertiary/aromatic N) is 1. The molecule has 1 aromatic rings. The first-order valence-corrected chi connectivity index (χ1v) is 5.96. The molecule has 0 atom stereocenters. The van der Waals surface area contributed by atoms with E-state index in [9.17, 15) is 14.4 Å². The summed E-state index contributed by atoms with van der Waals surface area (Å²) in [5.74, 6) is -0.700. The van der Waals surface area contributed by atoms with Gasteiger partial charge in [-0.15, -0.1) is 0 Å². The lowest BCUT2D eigenvalue weighted by atomic mass is 10.5. The number of amides is 1. The Morgan fingerprint density at radius 2 is 2.29 bits per heavy atom. The summed E-state index contributed by atoms with van der Waals surface area (Å²) in [7, 11) is 1.19. The van der Waals surface area contributed by atoms with Crippen LogP contribution < -0.4 is 11.0 Å². The summed E-state index contributed by atoms with van der Waals surface area (Å²) in [6.45, 7) is 0.440. The monoisotopic (exact) mass is 305 g/mol. The fourth-order valence-corrected chi connectivity index (χ4v) is 1.39. The standard InChI is InChI=1S/C9H12BrN3O4/c1-17-7(14)6-5-13(9(16)12-6)8(15)11-4-2-3-10/h5H,2-4H2,1H3,(H,11,15)(H,12,16). The molecule has 0 aliphatic heterocycles. The van der Waals surface area contributed by atoms with Gasteiger partial charge < -0.3 is 10.1 Å². The molecule has 0 aliphatic rings. The summed E-state index contributed by atoms with van der Waals surface area (Å²) < 4.78 is 5.21. The topological polar surface area (TPSA) is 93.2 Å². The number of H-pyrrole nitrogens is 1. The van der Waals surface area contributed by atoms with Crippen LogP contribution in [-0.2, 0) is 4.74 Å². The Morgan fingerprint density at radius 1 is 1.59 bits per heavy atom. The molecule has 0 unspecified atom stereocenters. The second-order valence-electron chi connectivity index (χ2n) is 3.11. The molecule has 0 saturated carbocycles. The number of carbonyl (C=O) groups is 2. The molecule has 2 N–H and O–H groups in total. The molecular weight excluding hydrogens is 294 g/mol. The molecule has 1 rings (SSSR count). The van der Waals surface area contributed by atoms with Crippen LogP contribution in [0, 0.1) is 0 Å². The highest BCUT2D eigenvalue weighted by Gasteiger charge is 2.14. The molecule has 1 amide bonds. The normalized spacial score (nSPS) is 10.0. The SMILES string of the molecule is COC(=O)c1cn(C(=O)NCCCBr)c(=O)[nH]1. The van der Waals surface area contributed by atoms with Gasteiger partial charge in [-0.3, -0.25) is 4.98 Å². The number of esters is 1. The quantitative estimate of drug-likeness (QED) is 0.475. The van der Waals surface area contributed by atoms with E-state index in [2.05, 4.69) is 31.0 Å². The zero-order chi connectivity index (χ0) is 12.8. The van der Waals surface area contributed by atoms with E-state index in [1.807, 2.05) is 0 Å². The van der Waals surface area contributed by atoms with E-state index in [0.717, 1.165) is 22.5 Å². The van der Waals surface area contributed by atoms with Gasteiger partial charge in [-0.2, -0.15) is 0 Å². The Bertz CT molecular complexity index is 465. The number of hydrogen-bond donors (Lipinski definition) is 2. The lowest BCUT2D eigenvalue weighted by molar-refractivity contribution is 0.0594. The third kappa shape index (κ3) is 3.45. The first-order valence-electron chi connectivity index (χ1n) is 4.84. The smallest absolute Gasteiger partial charge is 0.356 e. The van der Waals surface area contributed by atoms with Crippen LogP contribution in [0.2, 0.25) is 0 Å². The summed E-state index contributed by atoms with van der Waals surface area (Å²) in [6, 6.07) is -0.581. The van der Waals surface area contributed by atoms with Crippen molar-refractivity contribution in [2.75, 3.05) is 19.0 Å². The van der Waals surface area contributed by atoms with E-state index in [1.54, 1.807) is 0 Å². The van der Waals surface area contributed by atoms with Crippen LogP contribution in [-0.4, -0.2) is 40.5 Å². The summed E-state index contributed by atoms with van der Waals surface area (Å²) in [5, 5.41) is 3.29. The summed E-state index contributed by atoms with van der Waals surface area (Å²) in [6.07, 6.45) is 1.85. The van der Waals surface area contributed by atoms with Gasteiger partial charge in [0.2, 0.25) is 0 Å². The van der Waals surface area contributed by atoms with Gasteiger partial charge in [0.1, 0.15) is 5.69 Å². The van der Waals surface area contributed by atoms with Gasteiger partial charge in [0.15, 0.2) is 0 Å². The molecule has 1 aromatic heterocycles. The Morgan fingerprint density at radius 3 is 2.88 bits per heavy atom. The van der Waals surface area contributed by atoms with Crippen molar-refractivity contribution in [3.05, 3.63) is 22.4 Å². The van der Waals surface area contributed by atoms with Crippen molar-refractivity contribution < 1.29 is 14.3 Å². The Labute approximate surface area is 105 Å². The molecule has 0 bridgehead atoms. The van der Waals surface area contributed by atoms with Crippen LogP contribution in [0.15, 0.2) is 11.0 Å². The minimum atomic E-state index is -0.700. The van der Waals surface area contributed by atoms with Crippen molar-refractivity contribution in [1.82, 2.24) is 14.9 Å². The molecule has 7 nitrogen and oxygen atoms in total. The predicted octanol–water partition coefficient (Wildman–Crippen LogP) is 0.306. The van der Waals surface area contributed by atoms with E-state index < -0.39 is 17.7 Å². The van der Waals surface area contributed by atoms with Crippen LogP contribution in [0.25, 0.3) is 0 Å². The van der Waals surface area contributed by atoms with E-state index in [1.165, 1.54) is 7.11 Å². The van der Waals surface area contributed by atoms with Gasteiger partial charge >= 0.3 is 17.7 Å². The van der Waals surface area contributed by atoms with E-state index >= 15 is 0 Å². The van der Waals surface area contributed by atoms with Gasteiger partial charge in [0.25, 0.3) is 0 Å². The number of hydrogen-bond acceptors (Lipinski definition) is 4. The van der Waals surface area contributed by atoms with Crippen molar-refractivity contribution >= 4 is 27.9 Å². The molecule has 0 aliphatic carbocycles. The number of imidazole rings is 1. The highest BCUT2D eigenvalue weighted by molar-refractivity contribution is 9.09. The minimum Gasteiger partial charge on any atom is -0.464 e. The van der Waals surface area contributed by atoms with E-state index in [4.69, 9.17) is 0 Å². The predicted molar refractivity (Wildman–Crippen MR) is 63.6 cm³/mol. The number of carbonyl (C=O) groups excluding carboxylic acids is 2. The lowest BCUT2D eigenvalue weighted by Gasteiger charge is -2.02. The molecular formula is C9H12BrN3O4.